The zero-order valence-electron chi connectivity index (χ0n) is 14.7. The Morgan fingerprint density at radius 1 is 0.821 bits per heavy atom. The highest BCUT2D eigenvalue weighted by Crippen LogP contribution is 2.21. The normalized spacial score (nSPS) is 10.4. The minimum Gasteiger partial charge on any atom is -0.266 e. The van der Waals surface area contributed by atoms with Crippen LogP contribution in [0.15, 0.2) is 84.2 Å². The summed E-state index contributed by atoms with van der Waals surface area (Å²) in [4.78, 5) is 25.4. The van der Waals surface area contributed by atoms with Crippen LogP contribution >= 0.6 is 11.3 Å². The molecule has 2 heterocycles. The monoisotopic (exact) mass is 388 g/mol. The summed E-state index contributed by atoms with van der Waals surface area (Å²) in [6.45, 7) is 0. The van der Waals surface area contributed by atoms with Gasteiger partial charge >= 0.3 is 0 Å². The van der Waals surface area contributed by atoms with Crippen molar-refractivity contribution in [2.45, 2.75) is 0 Å². The zero-order chi connectivity index (χ0) is 19.3. The second-order valence-electron chi connectivity index (χ2n) is 5.91. The van der Waals surface area contributed by atoms with E-state index in [2.05, 4.69) is 16.0 Å². The van der Waals surface area contributed by atoms with E-state index in [-0.39, 0.29) is 5.91 Å². The first kappa shape index (κ1) is 17.7. The first-order valence-corrected chi connectivity index (χ1v) is 9.45. The molecular weight excluding hydrogens is 372 g/mol. The van der Waals surface area contributed by atoms with Gasteiger partial charge in [-0.25, -0.2) is 4.68 Å². The van der Waals surface area contributed by atoms with Crippen LogP contribution in [0.3, 0.4) is 0 Å². The number of hydrogen-bond donors (Lipinski definition) is 2. The van der Waals surface area contributed by atoms with Crippen LogP contribution < -0.4 is 10.9 Å². The van der Waals surface area contributed by atoms with Crippen LogP contribution in [0.4, 0.5) is 0 Å². The van der Waals surface area contributed by atoms with Gasteiger partial charge in [-0.3, -0.25) is 20.4 Å². The maximum Gasteiger partial charge on any atom is 0.288 e. The molecule has 0 fully saturated rings. The molecule has 2 aromatic heterocycles. The second-order valence-corrected chi connectivity index (χ2v) is 6.86. The molecule has 2 N–H and O–H groups in total. The van der Waals surface area contributed by atoms with Crippen molar-refractivity contribution in [2.24, 2.45) is 0 Å². The molecule has 0 spiro atoms. The molecule has 4 rings (SSSR count). The topological polar surface area (TPSA) is 76.0 Å². The van der Waals surface area contributed by atoms with E-state index in [1.165, 1.54) is 11.3 Å². The van der Waals surface area contributed by atoms with Gasteiger partial charge < -0.3 is 0 Å². The quantitative estimate of drug-likeness (QED) is 0.524. The highest BCUT2D eigenvalue weighted by molar-refractivity contribution is 7.12. The van der Waals surface area contributed by atoms with Crippen molar-refractivity contribution >= 4 is 23.2 Å². The molecule has 4 aromatic rings. The van der Waals surface area contributed by atoms with Crippen LogP contribution in [0.2, 0.25) is 0 Å². The Morgan fingerprint density at radius 3 is 2.18 bits per heavy atom. The largest absolute Gasteiger partial charge is 0.288 e. The molecule has 0 aliphatic heterocycles. The van der Waals surface area contributed by atoms with Gasteiger partial charge in [0.1, 0.15) is 5.69 Å². The Balaban J connectivity index is 1.63. The molecule has 0 saturated carbocycles. The van der Waals surface area contributed by atoms with E-state index in [1.807, 2.05) is 60.7 Å². The minimum atomic E-state index is -0.455. The fourth-order valence-corrected chi connectivity index (χ4v) is 3.32. The number of thiophene rings is 1. The molecule has 7 heteroatoms. The number of amides is 2. The highest BCUT2D eigenvalue weighted by Gasteiger charge is 2.18. The summed E-state index contributed by atoms with van der Waals surface area (Å²) in [6.07, 6.45) is 0. The van der Waals surface area contributed by atoms with Crippen molar-refractivity contribution in [3.63, 3.8) is 0 Å². The number of nitrogens with one attached hydrogen (secondary N) is 2. The number of carbonyl (C=O) groups is 2. The van der Waals surface area contributed by atoms with Gasteiger partial charge in [0, 0.05) is 5.56 Å². The number of aromatic nitrogens is 2. The van der Waals surface area contributed by atoms with E-state index in [0.717, 1.165) is 11.3 Å². The van der Waals surface area contributed by atoms with E-state index >= 15 is 0 Å². The number of carbonyl (C=O) groups excluding carboxylic acids is 2. The molecule has 0 unspecified atom stereocenters. The Hall–Kier alpha value is -3.71. The Bertz CT molecular complexity index is 1090. The van der Waals surface area contributed by atoms with E-state index in [1.54, 1.807) is 28.3 Å². The van der Waals surface area contributed by atoms with E-state index < -0.39 is 5.91 Å². The van der Waals surface area contributed by atoms with E-state index in [0.29, 0.717) is 16.3 Å². The van der Waals surface area contributed by atoms with Crippen molar-refractivity contribution in [3.8, 4) is 16.9 Å². The molecule has 28 heavy (non-hydrogen) atoms. The first-order valence-electron chi connectivity index (χ1n) is 8.57. The Morgan fingerprint density at radius 2 is 1.50 bits per heavy atom. The van der Waals surface area contributed by atoms with Crippen molar-refractivity contribution in [3.05, 3.63) is 94.8 Å². The van der Waals surface area contributed by atoms with Crippen molar-refractivity contribution in [1.82, 2.24) is 20.6 Å². The van der Waals surface area contributed by atoms with Gasteiger partial charge in [0.15, 0.2) is 0 Å². The van der Waals surface area contributed by atoms with Crippen LogP contribution in [-0.2, 0) is 0 Å². The molecule has 0 atom stereocenters. The first-order chi connectivity index (χ1) is 13.7. The zero-order valence-corrected chi connectivity index (χ0v) is 15.5. The molecule has 0 aliphatic rings. The fraction of sp³-hybridized carbons (Fsp3) is 0. The van der Waals surface area contributed by atoms with Gasteiger partial charge in [0.05, 0.1) is 16.3 Å². The van der Waals surface area contributed by atoms with Gasteiger partial charge in [0.25, 0.3) is 11.8 Å². The summed E-state index contributed by atoms with van der Waals surface area (Å²) in [5.41, 5.74) is 7.54. The molecule has 6 nitrogen and oxygen atoms in total. The van der Waals surface area contributed by atoms with Crippen LogP contribution in [0.1, 0.15) is 20.2 Å². The summed E-state index contributed by atoms with van der Waals surface area (Å²) in [5.74, 6) is -0.819. The summed E-state index contributed by atoms with van der Waals surface area (Å²) in [5, 5.41) is 6.39. The highest BCUT2D eigenvalue weighted by atomic mass is 32.1. The molecule has 2 amide bonds. The predicted molar refractivity (Wildman–Crippen MR) is 108 cm³/mol. The van der Waals surface area contributed by atoms with Crippen LogP contribution in [0.5, 0.6) is 0 Å². The summed E-state index contributed by atoms with van der Waals surface area (Å²) in [6, 6.07) is 24.1. The maximum absolute atomic E-state index is 12.8. The molecule has 0 bridgehead atoms. The van der Waals surface area contributed by atoms with E-state index in [9.17, 15) is 9.59 Å². The fourth-order valence-electron chi connectivity index (χ4n) is 2.71. The number of hydrazine groups is 1. The lowest BCUT2D eigenvalue weighted by Gasteiger charge is -2.08. The lowest BCUT2D eigenvalue weighted by molar-refractivity contribution is 0.0844. The molecule has 138 valence electrons. The molecule has 0 saturated heterocycles. The second kappa shape index (κ2) is 7.89. The van der Waals surface area contributed by atoms with Crippen molar-refractivity contribution in [1.29, 1.82) is 0 Å². The van der Waals surface area contributed by atoms with Crippen LogP contribution in [-0.4, -0.2) is 21.6 Å². The van der Waals surface area contributed by atoms with Crippen molar-refractivity contribution < 1.29 is 9.59 Å². The van der Waals surface area contributed by atoms with Crippen molar-refractivity contribution in [2.75, 3.05) is 0 Å². The third kappa shape index (κ3) is 3.70. The van der Waals surface area contributed by atoms with Gasteiger partial charge in [-0.2, -0.15) is 5.10 Å². The predicted octanol–water partition coefficient (Wildman–Crippen LogP) is 3.68. The number of rotatable bonds is 4. The molecule has 2 aromatic carbocycles. The Kier molecular flexibility index (Phi) is 4.99. The van der Waals surface area contributed by atoms with E-state index in [4.69, 9.17) is 0 Å². The smallest absolute Gasteiger partial charge is 0.266 e. The third-order valence-electron chi connectivity index (χ3n) is 4.05. The lowest BCUT2D eigenvalue weighted by atomic mass is 10.1. The number of benzene rings is 2. The summed E-state index contributed by atoms with van der Waals surface area (Å²) >= 11 is 1.30. The van der Waals surface area contributed by atoms with Gasteiger partial charge in [-0.15, -0.1) is 11.3 Å². The molecule has 0 aliphatic carbocycles. The SMILES string of the molecule is O=C(NNC(=O)c1cc(-c2ccccc2)nn1-c1ccccc1)c1cccs1. The standard InChI is InChI=1S/C21H16N4O2S/c26-20(22-23-21(27)19-12-7-13-28-19)18-14-17(15-8-3-1-4-9-15)24-25(18)16-10-5-2-6-11-16/h1-14H,(H,22,26)(H,23,27). The average molecular weight is 388 g/mol. The average Bonchev–Trinajstić information content (AvgIpc) is 3.43. The summed E-state index contributed by atoms with van der Waals surface area (Å²) < 4.78 is 1.56. The van der Waals surface area contributed by atoms with Gasteiger partial charge in [-0.1, -0.05) is 54.6 Å². The number of nitrogens with zero attached hydrogens (tertiary/aromatic N) is 2. The summed E-state index contributed by atoms with van der Waals surface area (Å²) in [7, 11) is 0. The lowest BCUT2D eigenvalue weighted by Crippen LogP contribution is -2.42. The number of para-hydroxylation sites is 1. The van der Waals surface area contributed by atoms with Crippen LogP contribution in [0, 0.1) is 0 Å². The molecular formula is C21H16N4O2S. The Labute approximate surface area is 165 Å². The number of hydrogen-bond acceptors (Lipinski definition) is 4. The molecule has 0 radical (unpaired) electrons. The maximum atomic E-state index is 12.8. The van der Waals surface area contributed by atoms with Gasteiger partial charge in [0.2, 0.25) is 0 Å². The third-order valence-corrected chi connectivity index (χ3v) is 4.92. The minimum absolute atomic E-state index is 0.316. The van der Waals surface area contributed by atoms with Gasteiger partial charge in [-0.05, 0) is 29.6 Å². The van der Waals surface area contributed by atoms with Crippen LogP contribution in [0.25, 0.3) is 16.9 Å².